The molecule has 2 atom stereocenters. The Bertz CT molecular complexity index is 679. The summed E-state index contributed by atoms with van der Waals surface area (Å²) >= 11 is 5.89. The normalized spacial score (nSPS) is 14.0. The van der Waals surface area contributed by atoms with Gasteiger partial charge in [0.1, 0.15) is 5.75 Å². The van der Waals surface area contributed by atoms with Crippen molar-refractivity contribution in [3.8, 4) is 5.75 Å². The molecule has 2 unspecified atom stereocenters. The maximum atomic E-state index is 10.6. The van der Waals surface area contributed by atoms with Gasteiger partial charge in [-0.25, -0.2) is 0 Å². The highest BCUT2D eigenvalue weighted by molar-refractivity contribution is 6.30. The third-order valence-electron chi connectivity index (χ3n) is 4.55. The smallest absolute Gasteiger partial charge is 0.122 e. The van der Waals surface area contributed by atoms with Crippen LogP contribution >= 0.6 is 11.6 Å². The largest absolute Gasteiger partial charge is 0.507 e. The van der Waals surface area contributed by atoms with Crippen molar-refractivity contribution < 1.29 is 5.11 Å². The number of aromatic hydroxyl groups is 1. The van der Waals surface area contributed by atoms with E-state index in [4.69, 9.17) is 11.6 Å². The number of phenols is 1. The Kier molecular flexibility index (Phi) is 6.38. The van der Waals surface area contributed by atoms with Crippen molar-refractivity contribution in [3.63, 3.8) is 0 Å². The predicted octanol–water partition coefficient (Wildman–Crippen LogP) is 7.49. The lowest BCUT2D eigenvalue weighted by Gasteiger charge is -2.18. The van der Waals surface area contributed by atoms with E-state index in [9.17, 15) is 5.11 Å². The van der Waals surface area contributed by atoms with Gasteiger partial charge in [-0.2, -0.15) is 10.2 Å². The Labute approximate surface area is 149 Å². The summed E-state index contributed by atoms with van der Waals surface area (Å²) in [6.45, 7) is 8.48. The zero-order valence-electron chi connectivity index (χ0n) is 14.8. The van der Waals surface area contributed by atoms with Crippen LogP contribution in [0, 0.1) is 0 Å². The average Bonchev–Trinajstić information content (AvgIpc) is 2.60. The van der Waals surface area contributed by atoms with E-state index in [0.29, 0.717) is 10.8 Å². The fourth-order valence-corrected chi connectivity index (χ4v) is 2.66. The second-order valence-corrected chi connectivity index (χ2v) is 6.70. The first-order valence-electron chi connectivity index (χ1n) is 8.50. The van der Waals surface area contributed by atoms with Crippen molar-refractivity contribution in [3.05, 3.63) is 52.5 Å². The van der Waals surface area contributed by atoms with Gasteiger partial charge in [0, 0.05) is 5.02 Å². The Morgan fingerprint density at radius 3 is 1.79 bits per heavy atom. The quantitative estimate of drug-likeness (QED) is 0.542. The minimum atomic E-state index is 0.276. The molecule has 0 aromatic heterocycles. The van der Waals surface area contributed by atoms with E-state index in [-0.39, 0.29) is 11.8 Å². The molecule has 0 aliphatic carbocycles. The van der Waals surface area contributed by atoms with Crippen molar-refractivity contribution in [1.82, 2.24) is 0 Å². The second kappa shape index (κ2) is 8.29. The monoisotopic (exact) mass is 344 g/mol. The van der Waals surface area contributed by atoms with Crippen LogP contribution in [-0.4, -0.2) is 5.11 Å². The van der Waals surface area contributed by atoms with E-state index >= 15 is 0 Å². The zero-order chi connectivity index (χ0) is 17.7. The molecule has 128 valence electrons. The highest BCUT2D eigenvalue weighted by atomic mass is 35.5. The van der Waals surface area contributed by atoms with Gasteiger partial charge in [-0.1, -0.05) is 39.3 Å². The summed E-state index contributed by atoms with van der Waals surface area (Å²) in [7, 11) is 0. The fraction of sp³-hybridized carbons (Fsp3) is 0.400. The second-order valence-electron chi connectivity index (χ2n) is 6.27. The standard InChI is InChI=1S/C20H25ClN2O/c1-5-13(3)18-11-17(12-19(20(18)24)14(4)6-2)23-22-16-9-7-15(21)8-10-16/h7-14,24H,5-6H2,1-4H3. The highest BCUT2D eigenvalue weighted by Crippen LogP contribution is 2.39. The number of phenolic OH excluding ortho intramolecular Hbond substituents is 1. The summed E-state index contributed by atoms with van der Waals surface area (Å²) in [6, 6.07) is 11.1. The predicted molar refractivity (Wildman–Crippen MR) is 101 cm³/mol. The molecule has 2 aromatic carbocycles. The summed E-state index contributed by atoms with van der Waals surface area (Å²) in [6.07, 6.45) is 1.93. The molecule has 0 saturated heterocycles. The van der Waals surface area contributed by atoms with Crippen LogP contribution in [0.15, 0.2) is 46.6 Å². The van der Waals surface area contributed by atoms with E-state index in [2.05, 4.69) is 37.9 Å². The summed E-state index contributed by atoms with van der Waals surface area (Å²) in [5, 5.41) is 20.0. The molecule has 0 fully saturated rings. The van der Waals surface area contributed by atoms with Crippen LogP contribution < -0.4 is 0 Å². The van der Waals surface area contributed by atoms with Gasteiger partial charge in [-0.15, -0.1) is 0 Å². The van der Waals surface area contributed by atoms with Gasteiger partial charge in [0.05, 0.1) is 11.4 Å². The first kappa shape index (κ1) is 18.5. The third kappa shape index (κ3) is 4.35. The van der Waals surface area contributed by atoms with Crippen molar-refractivity contribution in [2.24, 2.45) is 10.2 Å². The lowest BCUT2D eigenvalue weighted by atomic mass is 9.89. The molecule has 0 aliphatic heterocycles. The van der Waals surface area contributed by atoms with Crippen LogP contribution in [0.25, 0.3) is 0 Å². The van der Waals surface area contributed by atoms with Gasteiger partial charge in [-0.05, 0) is 72.2 Å². The number of halogens is 1. The van der Waals surface area contributed by atoms with Crippen molar-refractivity contribution in [2.45, 2.75) is 52.4 Å². The van der Waals surface area contributed by atoms with Crippen LogP contribution in [0.4, 0.5) is 11.4 Å². The maximum absolute atomic E-state index is 10.6. The lowest BCUT2D eigenvalue weighted by molar-refractivity contribution is 0.449. The fourth-order valence-electron chi connectivity index (χ4n) is 2.54. The minimum absolute atomic E-state index is 0.276. The highest BCUT2D eigenvalue weighted by Gasteiger charge is 2.17. The summed E-state index contributed by atoms with van der Waals surface area (Å²) in [4.78, 5) is 0. The summed E-state index contributed by atoms with van der Waals surface area (Å²) in [5.41, 5.74) is 3.41. The number of nitrogens with zero attached hydrogens (tertiary/aromatic N) is 2. The SMILES string of the molecule is CCC(C)c1cc(N=Nc2ccc(Cl)cc2)cc(C(C)CC)c1O. The van der Waals surface area contributed by atoms with Crippen molar-refractivity contribution >= 4 is 23.0 Å². The topological polar surface area (TPSA) is 45.0 Å². The molecule has 0 saturated carbocycles. The van der Waals surface area contributed by atoms with Crippen molar-refractivity contribution in [2.75, 3.05) is 0 Å². The van der Waals surface area contributed by atoms with E-state index in [0.717, 1.165) is 35.3 Å². The Morgan fingerprint density at radius 2 is 1.33 bits per heavy atom. The summed E-state index contributed by atoms with van der Waals surface area (Å²) < 4.78 is 0. The van der Waals surface area contributed by atoms with Crippen LogP contribution in [0.3, 0.4) is 0 Å². The van der Waals surface area contributed by atoms with Gasteiger partial charge >= 0.3 is 0 Å². The number of rotatable bonds is 6. The third-order valence-corrected chi connectivity index (χ3v) is 4.80. The molecule has 0 aliphatic rings. The number of benzene rings is 2. The van der Waals surface area contributed by atoms with Gasteiger partial charge in [-0.3, -0.25) is 0 Å². The van der Waals surface area contributed by atoms with Crippen LogP contribution in [-0.2, 0) is 0 Å². The molecular weight excluding hydrogens is 320 g/mol. The zero-order valence-corrected chi connectivity index (χ0v) is 15.5. The van der Waals surface area contributed by atoms with Crippen molar-refractivity contribution in [1.29, 1.82) is 0 Å². The average molecular weight is 345 g/mol. The number of azo groups is 1. The molecule has 2 aromatic rings. The van der Waals surface area contributed by atoms with E-state index in [1.807, 2.05) is 24.3 Å². The molecule has 1 N–H and O–H groups in total. The maximum Gasteiger partial charge on any atom is 0.122 e. The van der Waals surface area contributed by atoms with Gasteiger partial charge in [0.25, 0.3) is 0 Å². The minimum Gasteiger partial charge on any atom is -0.507 e. The van der Waals surface area contributed by atoms with E-state index in [1.54, 1.807) is 12.1 Å². The molecule has 3 nitrogen and oxygen atoms in total. The van der Waals surface area contributed by atoms with E-state index < -0.39 is 0 Å². The van der Waals surface area contributed by atoms with Gasteiger partial charge in [0.15, 0.2) is 0 Å². The van der Waals surface area contributed by atoms with Crippen LogP contribution in [0.5, 0.6) is 5.75 Å². The number of hydrogen-bond donors (Lipinski definition) is 1. The molecule has 0 bridgehead atoms. The first-order valence-corrected chi connectivity index (χ1v) is 8.88. The van der Waals surface area contributed by atoms with Gasteiger partial charge in [0.2, 0.25) is 0 Å². The molecule has 0 amide bonds. The van der Waals surface area contributed by atoms with Crippen LogP contribution in [0.1, 0.15) is 63.5 Å². The first-order chi connectivity index (χ1) is 11.5. The lowest BCUT2D eigenvalue weighted by Crippen LogP contribution is -1.98. The van der Waals surface area contributed by atoms with Crippen LogP contribution in [0.2, 0.25) is 5.02 Å². The molecule has 0 radical (unpaired) electrons. The molecule has 0 spiro atoms. The molecule has 2 rings (SSSR count). The molecule has 0 heterocycles. The Hall–Kier alpha value is -1.87. The summed E-state index contributed by atoms with van der Waals surface area (Å²) in [5.74, 6) is 0.959. The van der Waals surface area contributed by atoms with E-state index in [1.165, 1.54) is 0 Å². The molecular formula is C20H25ClN2O. The molecule has 24 heavy (non-hydrogen) atoms. The molecule has 4 heteroatoms. The Balaban J connectivity index is 2.43. The Morgan fingerprint density at radius 1 is 0.875 bits per heavy atom. The van der Waals surface area contributed by atoms with Gasteiger partial charge < -0.3 is 5.11 Å². The number of hydrogen-bond acceptors (Lipinski definition) is 3.